The lowest BCUT2D eigenvalue weighted by molar-refractivity contribution is 0.0607. The van der Waals surface area contributed by atoms with Gasteiger partial charge in [0.05, 0.1) is 25.9 Å². The number of fused-ring (bicyclic) bond motifs is 3. The number of anilines is 1. The van der Waals surface area contributed by atoms with E-state index in [0.29, 0.717) is 22.7 Å². The van der Waals surface area contributed by atoms with Gasteiger partial charge >= 0.3 is 5.97 Å². The highest BCUT2D eigenvalue weighted by Gasteiger charge is 2.32. The van der Waals surface area contributed by atoms with Gasteiger partial charge in [0.25, 0.3) is 0 Å². The molecule has 1 aromatic heterocycles. The van der Waals surface area contributed by atoms with E-state index in [9.17, 15) is 9.90 Å². The zero-order chi connectivity index (χ0) is 15.1. The molecule has 6 nitrogen and oxygen atoms in total. The van der Waals surface area contributed by atoms with Gasteiger partial charge in [0.2, 0.25) is 0 Å². The molecule has 0 fully saturated rings. The Balaban J connectivity index is 2.15. The molecule has 2 aliphatic rings. The van der Waals surface area contributed by atoms with E-state index < -0.39 is 5.97 Å². The van der Waals surface area contributed by atoms with Crippen molar-refractivity contribution >= 4 is 34.8 Å². The van der Waals surface area contributed by atoms with Gasteiger partial charge in [0, 0.05) is 23.1 Å². The molecule has 0 spiro atoms. The molecule has 3 N–H and O–H groups in total. The van der Waals surface area contributed by atoms with Gasteiger partial charge in [-0.3, -0.25) is 4.99 Å². The second kappa shape index (κ2) is 4.92. The molecule has 7 heteroatoms. The average Bonchev–Trinajstić information content (AvgIpc) is 2.83. The van der Waals surface area contributed by atoms with E-state index in [1.165, 1.54) is 25.6 Å². The summed E-state index contributed by atoms with van der Waals surface area (Å²) in [6, 6.07) is -0.181. The van der Waals surface area contributed by atoms with E-state index in [1.54, 1.807) is 12.3 Å². The number of thiophene rings is 1. The van der Waals surface area contributed by atoms with Crippen molar-refractivity contribution in [2.75, 3.05) is 20.0 Å². The minimum absolute atomic E-state index is 0.171. The second-order valence-electron chi connectivity index (χ2n) is 4.69. The molecule has 1 aromatic rings. The summed E-state index contributed by atoms with van der Waals surface area (Å²) in [6.45, 7) is 0. The zero-order valence-electron chi connectivity index (χ0n) is 11.5. The van der Waals surface area contributed by atoms with E-state index in [1.807, 2.05) is 0 Å². The Kier molecular flexibility index (Phi) is 3.21. The molecule has 21 heavy (non-hydrogen) atoms. The number of allylic oxidation sites excluding steroid dienone is 1. The Hall–Kier alpha value is -2.28. The molecule has 0 bridgehead atoms. The standard InChI is InChI=1S/C14H14N2O4S/c1-19-10-3-6-8(4-9(10)17)16-5-7-11(15)13(14(18)20-2)21-12(6)7/h3,5,8,17H,4,15H2,1-2H3. The number of nitrogen functional groups attached to an aromatic ring is 1. The van der Waals surface area contributed by atoms with Crippen LogP contribution in [0.15, 0.2) is 22.6 Å². The Morgan fingerprint density at radius 1 is 1.52 bits per heavy atom. The molecule has 0 saturated heterocycles. The van der Waals surface area contributed by atoms with Crippen LogP contribution in [0.2, 0.25) is 0 Å². The summed E-state index contributed by atoms with van der Waals surface area (Å²) in [5, 5.41) is 9.88. The number of carbonyl (C=O) groups excluding carboxylic acids is 1. The Bertz CT molecular complexity index is 715. The number of nitrogens with zero attached hydrogens (tertiary/aromatic N) is 1. The first kappa shape index (κ1) is 13.7. The van der Waals surface area contributed by atoms with Crippen molar-refractivity contribution in [2.45, 2.75) is 12.5 Å². The summed E-state index contributed by atoms with van der Waals surface area (Å²) in [4.78, 5) is 17.4. The highest BCUT2D eigenvalue weighted by atomic mass is 32.1. The zero-order valence-corrected chi connectivity index (χ0v) is 12.4. The van der Waals surface area contributed by atoms with Crippen LogP contribution in [0.5, 0.6) is 0 Å². The predicted molar refractivity (Wildman–Crippen MR) is 80.7 cm³/mol. The van der Waals surface area contributed by atoms with Crippen LogP contribution < -0.4 is 5.73 Å². The van der Waals surface area contributed by atoms with Crippen LogP contribution in [-0.2, 0) is 9.47 Å². The molecular formula is C14H14N2O4S. The van der Waals surface area contributed by atoms with Gasteiger partial charge in [-0.05, 0) is 11.6 Å². The lowest BCUT2D eigenvalue weighted by Crippen LogP contribution is -2.18. The summed E-state index contributed by atoms with van der Waals surface area (Å²) in [5.74, 6) is 0.124. The molecule has 0 radical (unpaired) electrons. The number of hydrogen-bond acceptors (Lipinski definition) is 7. The molecular weight excluding hydrogens is 292 g/mol. The minimum Gasteiger partial charge on any atom is -0.508 e. The van der Waals surface area contributed by atoms with Crippen molar-refractivity contribution in [3.8, 4) is 0 Å². The molecule has 1 aliphatic heterocycles. The number of rotatable bonds is 2. The quantitative estimate of drug-likeness (QED) is 0.816. The molecule has 3 rings (SSSR count). The van der Waals surface area contributed by atoms with Gasteiger partial charge in [0.15, 0.2) is 5.76 Å². The van der Waals surface area contributed by atoms with Gasteiger partial charge in [0.1, 0.15) is 10.6 Å². The Morgan fingerprint density at radius 2 is 2.29 bits per heavy atom. The Morgan fingerprint density at radius 3 is 2.95 bits per heavy atom. The largest absolute Gasteiger partial charge is 0.508 e. The van der Waals surface area contributed by atoms with Gasteiger partial charge in [-0.15, -0.1) is 11.3 Å². The maximum absolute atomic E-state index is 11.8. The number of carbonyl (C=O) groups is 1. The van der Waals surface area contributed by atoms with Crippen molar-refractivity contribution in [1.29, 1.82) is 0 Å². The fourth-order valence-electron chi connectivity index (χ4n) is 2.45. The summed E-state index contributed by atoms with van der Waals surface area (Å²) in [6.07, 6.45) is 3.77. The summed E-state index contributed by atoms with van der Waals surface area (Å²) in [7, 11) is 2.82. The van der Waals surface area contributed by atoms with Gasteiger partial charge < -0.3 is 20.3 Å². The van der Waals surface area contributed by atoms with Gasteiger partial charge in [-0.2, -0.15) is 0 Å². The maximum Gasteiger partial charge on any atom is 0.350 e. The third-order valence-corrected chi connectivity index (χ3v) is 4.79. The third-order valence-electron chi connectivity index (χ3n) is 3.54. The first-order valence-corrected chi connectivity index (χ1v) is 7.10. The van der Waals surface area contributed by atoms with Crippen LogP contribution in [0.4, 0.5) is 5.69 Å². The molecule has 110 valence electrons. The maximum atomic E-state index is 11.8. The van der Waals surface area contributed by atoms with Crippen molar-refractivity contribution in [1.82, 2.24) is 0 Å². The fourth-order valence-corrected chi connectivity index (χ4v) is 3.63. The minimum atomic E-state index is -0.460. The number of aliphatic imine (C=N–C) groups is 1. The van der Waals surface area contributed by atoms with E-state index in [-0.39, 0.29) is 11.8 Å². The van der Waals surface area contributed by atoms with Crippen LogP contribution >= 0.6 is 11.3 Å². The van der Waals surface area contributed by atoms with Gasteiger partial charge in [-0.1, -0.05) is 0 Å². The van der Waals surface area contributed by atoms with Crippen LogP contribution in [0, 0.1) is 0 Å². The number of hydrogen-bond donors (Lipinski definition) is 2. The highest BCUT2D eigenvalue weighted by molar-refractivity contribution is 7.16. The number of nitrogens with two attached hydrogens (primary N) is 1. The average molecular weight is 306 g/mol. The fraction of sp³-hybridized carbons (Fsp3) is 0.286. The summed E-state index contributed by atoms with van der Waals surface area (Å²) < 4.78 is 9.90. The van der Waals surface area contributed by atoms with E-state index >= 15 is 0 Å². The van der Waals surface area contributed by atoms with Crippen molar-refractivity contribution < 1.29 is 19.4 Å². The smallest absolute Gasteiger partial charge is 0.350 e. The number of aliphatic hydroxyl groups is 1. The van der Waals surface area contributed by atoms with Crippen molar-refractivity contribution in [3.05, 3.63) is 32.9 Å². The van der Waals surface area contributed by atoms with Crippen molar-refractivity contribution in [3.63, 3.8) is 0 Å². The number of aliphatic hydroxyl groups excluding tert-OH is 1. The second-order valence-corrected chi connectivity index (χ2v) is 5.71. The lowest BCUT2D eigenvalue weighted by Gasteiger charge is -2.24. The molecule has 1 aliphatic carbocycles. The predicted octanol–water partition coefficient (Wildman–Crippen LogP) is 2.12. The molecule has 2 heterocycles. The number of esters is 1. The summed E-state index contributed by atoms with van der Waals surface area (Å²) >= 11 is 1.28. The topological polar surface area (TPSA) is 94.1 Å². The normalized spacial score (nSPS) is 19.7. The molecule has 1 unspecified atom stereocenters. The summed E-state index contributed by atoms with van der Waals surface area (Å²) in [5.41, 5.74) is 8.01. The van der Waals surface area contributed by atoms with Gasteiger partial charge in [-0.25, -0.2) is 4.79 Å². The SMILES string of the molecule is COC(=O)c1sc2c(c1N)C=NC1CC(O)=C(OC)C=C21. The number of methoxy groups -OCH3 is 2. The van der Waals surface area contributed by atoms with Crippen LogP contribution in [0.1, 0.15) is 26.5 Å². The van der Waals surface area contributed by atoms with E-state index in [0.717, 1.165) is 16.0 Å². The highest BCUT2D eigenvalue weighted by Crippen LogP contribution is 2.43. The van der Waals surface area contributed by atoms with E-state index in [4.69, 9.17) is 15.2 Å². The first-order valence-electron chi connectivity index (χ1n) is 6.28. The number of ether oxygens (including phenoxy) is 2. The molecule has 1 atom stereocenters. The molecule has 0 aromatic carbocycles. The van der Waals surface area contributed by atoms with Crippen LogP contribution in [-0.4, -0.2) is 37.6 Å². The Labute approximate surface area is 125 Å². The molecule has 0 saturated carbocycles. The van der Waals surface area contributed by atoms with Crippen LogP contribution in [0.25, 0.3) is 5.57 Å². The molecule has 0 amide bonds. The third kappa shape index (κ3) is 2.01. The van der Waals surface area contributed by atoms with Crippen molar-refractivity contribution in [2.24, 2.45) is 4.99 Å². The van der Waals surface area contributed by atoms with E-state index in [2.05, 4.69) is 4.99 Å². The van der Waals surface area contributed by atoms with Crippen LogP contribution in [0.3, 0.4) is 0 Å². The first-order chi connectivity index (χ1) is 10.1. The lowest BCUT2D eigenvalue weighted by atomic mass is 9.92. The monoisotopic (exact) mass is 306 g/mol.